The fraction of sp³-hybridized carbons (Fsp3) is 0.100. The number of H-pyrrole nitrogens is 1. The maximum atomic E-state index is 12.5. The Bertz CT molecular complexity index is 583. The second-order valence-electron chi connectivity index (χ2n) is 3.32. The molecule has 7 heteroatoms. The molecule has 0 atom stereocenters. The normalized spacial score (nSPS) is 11.8. The molecular formula is C10H6F3IN2S. The highest BCUT2D eigenvalue weighted by Crippen LogP contribution is 2.28. The lowest BCUT2D eigenvalue weighted by Gasteiger charge is -2.05. The number of benzene rings is 1. The highest BCUT2D eigenvalue weighted by Gasteiger charge is 2.33. The van der Waals surface area contributed by atoms with Crippen molar-refractivity contribution in [1.29, 1.82) is 0 Å². The van der Waals surface area contributed by atoms with Crippen molar-refractivity contribution in [2.24, 2.45) is 0 Å². The van der Waals surface area contributed by atoms with Crippen molar-refractivity contribution >= 4 is 34.8 Å². The van der Waals surface area contributed by atoms with E-state index in [-0.39, 0.29) is 4.64 Å². The molecule has 0 spiro atoms. The van der Waals surface area contributed by atoms with Crippen LogP contribution in [0.2, 0.25) is 0 Å². The third-order valence-corrected chi connectivity index (χ3v) is 3.13. The van der Waals surface area contributed by atoms with Gasteiger partial charge in [-0.25, -0.2) is 4.68 Å². The third kappa shape index (κ3) is 2.71. The van der Waals surface area contributed by atoms with Crippen molar-refractivity contribution in [3.8, 4) is 5.69 Å². The van der Waals surface area contributed by atoms with E-state index in [1.165, 1.54) is 4.68 Å². The van der Waals surface area contributed by atoms with E-state index in [9.17, 15) is 13.2 Å². The Balaban J connectivity index is 2.50. The molecule has 1 aromatic carbocycles. The van der Waals surface area contributed by atoms with Gasteiger partial charge in [0.15, 0.2) is 0 Å². The largest absolute Gasteiger partial charge is 0.432 e. The van der Waals surface area contributed by atoms with Gasteiger partial charge in [-0.05, 0) is 46.9 Å². The molecule has 90 valence electrons. The van der Waals surface area contributed by atoms with E-state index >= 15 is 0 Å². The number of halogens is 4. The van der Waals surface area contributed by atoms with E-state index in [1.807, 2.05) is 0 Å². The minimum absolute atomic E-state index is 0.0959. The number of hydrogen-bond donors (Lipinski definition) is 1. The molecule has 0 aliphatic heterocycles. The predicted molar refractivity (Wildman–Crippen MR) is 68.7 cm³/mol. The van der Waals surface area contributed by atoms with Gasteiger partial charge >= 0.3 is 6.18 Å². The zero-order chi connectivity index (χ0) is 12.6. The van der Waals surface area contributed by atoms with Gasteiger partial charge in [-0.2, -0.15) is 13.2 Å². The Morgan fingerprint density at radius 1 is 1.18 bits per heavy atom. The highest BCUT2D eigenvalue weighted by atomic mass is 127. The maximum Gasteiger partial charge on any atom is 0.432 e. The Hall–Kier alpha value is -0.830. The van der Waals surface area contributed by atoms with E-state index in [4.69, 9.17) is 12.2 Å². The van der Waals surface area contributed by atoms with E-state index in [1.54, 1.807) is 24.3 Å². The van der Waals surface area contributed by atoms with Crippen molar-refractivity contribution in [3.63, 3.8) is 0 Å². The molecule has 1 aromatic heterocycles. The Labute approximate surface area is 114 Å². The maximum absolute atomic E-state index is 12.5. The number of hydrogen-bond acceptors (Lipinski definition) is 1. The van der Waals surface area contributed by atoms with Crippen LogP contribution in [-0.2, 0) is 6.18 Å². The topological polar surface area (TPSA) is 20.7 Å². The summed E-state index contributed by atoms with van der Waals surface area (Å²) in [5, 5.41) is 2.24. The van der Waals surface area contributed by atoms with Gasteiger partial charge in [0.1, 0.15) is 10.3 Å². The SMILES string of the molecule is FC(F)(F)c1cc(=S)n(-c2ccc(I)cc2)[nH]1. The van der Waals surface area contributed by atoms with Gasteiger partial charge in [0.05, 0.1) is 5.69 Å². The Morgan fingerprint density at radius 3 is 2.24 bits per heavy atom. The molecule has 17 heavy (non-hydrogen) atoms. The summed E-state index contributed by atoms with van der Waals surface area (Å²) in [4.78, 5) is 0. The van der Waals surface area contributed by atoms with Crippen LogP contribution in [0.4, 0.5) is 13.2 Å². The summed E-state index contributed by atoms with van der Waals surface area (Å²) < 4.78 is 39.7. The Morgan fingerprint density at radius 2 is 1.76 bits per heavy atom. The van der Waals surface area contributed by atoms with Crippen molar-refractivity contribution in [3.05, 3.63) is 44.2 Å². The summed E-state index contributed by atoms with van der Waals surface area (Å²) in [6.07, 6.45) is -4.41. The number of nitrogens with one attached hydrogen (secondary N) is 1. The van der Waals surface area contributed by atoms with Gasteiger partial charge in [0, 0.05) is 9.64 Å². The molecule has 1 heterocycles. The van der Waals surface area contributed by atoms with Crippen LogP contribution in [-0.4, -0.2) is 9.78 Å². The second kappa shape index (κ2) is 4.45. The van der Waals surface area contributed by atoms with E-state index in [0.717, 1.165) is 9.64 Å². The van der Waals surface area contributed by atoms with Gasteiger partial charge in [-0.15, -0.1) is 0 Å². The molecule has 0 saturated carbocycles. The highest BCUT2D eigenvalue weighted by molar-refractivity contribution is 14.1. The quantitative estimate of drug-likeness (QED) is 0.591. The lowest BCUT2D eigenvalue weighted by molar-refractivity contribution is -0.141. The molecular weight excluding hydrogens is 364 g/mol. The molecule has 0 saturated heterocycles. The minimum Gasteiger partial charge on any atom is -0.288 e. The zero-order valence-electron chi connectivity index (χ0n) is 8.25. The standard InChI is InChI=1S/C10H6F3IN2S/c11-10(12,13)8-5-9(17)16(15-8)7-3-1-6(14)2-4-7/h1-5,15H. The van der Waals surface area contributed by atoms with Crippen LogP contribution in [0.5, 0.6) is 0 Å². The fourth-order valence-electron chi connectivity index (χ4n) is 1.32. The summed E-state index contributed by atoms with van der Waals surface area (Å²) in [6.45, 7) is 0. The first-order valence-electron chi connectivity index (χ1n) is 4.53. The van der Waals surface area contributed by atoms with Gasteiger partial charge in [0.2, 0.25) is 0 Å². The van der Waals surface area contributed by atoms with Crippen LogP contribution in [0.3, 0.4) is 0 Å². The van der Waals surface area contributed by atoms with Crippen LogP contribution < -0.4 is 0 Å². The molecule has 0 unspecified atom stereocenters. The average molecular weight is 370 g/mol. The predicted octanol–water partition coefficient (Wildman–Crippen LogP) is 4.16. The molecule has 0 aliphatic rings. The molecule has 0 radical (unpaired) electrons. The summed E-state index contributed by atoms with van der Waals surface area (Å²) in [6, 6.07) is 7.91. The van der Waals surface area contributed by atoms with Crippen LogP contribution in [0.1, 0.15) is 5.69 Å². The molecule has 0 aliphatic carbocycles. The monoisotopic (exact) mass is 370 g/mol. The van der Waals surface area contributed by atoms with Crippen molar-refractivity contribution in [2.75, 3.05) is 0 Å². The van der Waals surface area contributed by atoms with E-state index < -0.39 is 11.9 Å². The van der Waals surface area contributed by atoms with E-state index in [2.05, 4.69) is 27.7 Å². The molecule has 1 N–H and O–H groups in total. The number of aromatic amines is 1. The summed E-state index contributed by atoms with van der Waals surface area (Å²) >= 11 is 7.00. The third-order valence-electron chi connectivity index (χ3n) is 2.11. The first-order chi connectivity index (χ1) is 7.88. The van der Waals surface area contributed by atoms with Gasteiger partial charge in [0.25, 0.3) is 0 Å². The Kier molecular flexibility index (Phi) is 3.30. The molecule has 0 fully saturated rings. The second-order valence-corrected chi connectivity index (χ2v) is 4.98. The van der Waals surface area contributed by atoms with E-state index in [0.29, 0.717) is 5.69 Å². The number of alkyl halides is 3. The lowest BCUT2D eigenvalue weighted by Crippen LogP contribution is -2.07. The number of aromatic nitrogens is 2. The molecule has 2 nitrogen and oxygen atoms in total. The van der Waals surface area contributed by atoms with Crippen LogP contribution >= 0.6 is 34.8 Å². The molecule has 2 rings (SSSR count). The smallest absolute Gasteiger partial charge is 0.288 e. The van der Waals surface area contributed by atoms with Crippen molar-refractivity contribution in [2.45, 2.75) is 6.18 Å². The first kappa shape index (κ1) is 12.6. The van der Waals surface area contributed by atoms with Crippen LogP contribution in [0.25, 0.3) is 5.69 Å². The van der Waals surface area contributed by atoms with Crippen LogP contribution in [0.15, 0.2) is 30.3 Å². The summed E-state index contributed by atoms with van der Waals surface area (Å²) in [5.74, 6) is 0. The minimum atomic E-state index is -4.41. The fourth-order valence-corrected chi connectivity index (χ4v) is 1.95. The summed E-state index contributed by atoms with van der Waals surface area (Å²) in [7, 11) is 0. The van der Waals surface area contributed by atoms with Gasteiger partial charge in [-0.1, -0.05) is 12.2 Å². The van der Waals surface area contributed by atoms with Crippen molar-refractivity contribution < 1.29 is 13.2 Å². The number of rotatable bonds is 1. The molecule has 0 amide bonds. The molecule has 0 bridgehead atoms. The van der Waals surface area contributed by atoms with Gasteiger partial charge in [-0.3, -0.25) is 5.10 Å². The van der Waals surface area contributed by atoms with Gasteiger partial charge < -0.3 is 0 Å². The number of nitrogens with zero attached hydrogens (tertiary/aromatic N) is 1. The van der Waals surface area contributed by atoms with Crippen molar-refractivity contribution in [1.82, 2.24) is 9.78 Å². The van der Waals surface area contributed by atoms with Crippen LogP contribution in [0, 0.1) is 8.21 Å². The molecule has 2 aromatic rings. The first-order valence-corrected chi connectivity index (χ1v) is 6.02. The average Bonchev–Trinajstić information content (AvgIpc) is 2.61. The zero-order valence-corrected chi connectivity index (χ0v) is 11.2. The summed E-state index contributed by atoms with van der Waals surface area (Å²) in [5.41, 5.74) is -0.271. The lowest BCUT2D eigenvalue weighted by atomic mass is 10.3.